The Labute approximate surface area is 167 Å². The van der Waals surface area contributed by atoms with E-state index in [1.165, 1.54) is 6.21 Å². The van der Waals surface area contributed by atoms with Crippen LogP contribution in [0.2, 0.25) is 5.02 Å². The number of carbonyl (C=O) groups is 1. The van der Waals surface area contributed by atoms with Gasteiger partial charge < -0.3 is 13.9 Å². The lowest BCUT2D eigenvalue weighted by atomic mass is 10.2. The topological polar surface area (TPSA) is 73.1 Å². The summed E-state index contributed by atoms with van der Waals surface area (Å²) in [6, 6.07) is 18.0. The molecule has 0 aliphatic carbocycles. The number of hydrogen-bond acceptors (Lipinski definition) is 5. The molecule has 7 heteroatoms. The highest BCUT2D eigenvalue weighted by Gasteiger charge is 2.07. The standard InChI is InChI=1S/C21H19ClN2O4/c1-2-26-19-5-3-4-6-20(19)27-14-21(25)24-23-13-17-11-12-18(28-17)15-7-9-16(22)10-8-15/h3-13H,2,14H2,1H3,(H,24,25). The molecular formula is C21H19ClN2O4. The van der Waals surface area contributed by atoms with Crippen LogP contribution in [0, 0.1) is 0 Å². The number of ether oxygens (including phenoxy) is 2. The van der Waals surface area contributed by atoms with E-state index in [0.29, 0.717) is 34.6 Å². The maximum atomic E-state index is 11.9. The highest BCUT2D eigenvalue weighted by molar-refractivity contribution is 6.30. The van der Waals surface area contributed by atoms with Crippen molar-refractivity contribution in [3.05, 3.63) is 71.4 Å². The molecule has 0 aliphatic rings. The smallest absolute Gasteiger partial charge is 0.277 e. The van der Waals surface area contributed by atoms with Crippen molar-refractivity contribution in [2.45, 2.75) is 6.92 Å². The number of amides is 1. The molecule has 144 valence electrons. The number of furan rings is 1. The van der Waals surface area contributed by atoms with E-state index in [-0.39, 0.29) is 6.61 Å². The molecule has 0 aliphatic heterocycles. The van der Waals surface area contributed by atoms with Gasteiger partial charge in [-0.3, -0.25) is 4.79 Å². The molecule has 0 spiro atoms. The van der Waals surface area contributed by atoms with E-state index in [2.05, 4.69) is 10.5 Å². The van der Waals surface area contributed by atoms with Crippen molar-refractivity contribution < 1.29 is 18.7 Å². The van der Waals surface area contributed by atoms with Crippen molar-refractivity contribution in [1.82, 2.24) is 5.43 Å². The lowest BCUT2D eigenvalue weighted by Gasteiger charge is -2.10. The molecule has 0 atom stereocenters. The molecule has 0 unspecified atom stereocenters. The Bertz CT molecular complexity index is 951. The zero-order valence-corrected chi connectivity index (χ0v) is 16.0. The Hall–Kier alpha value is -3.25. The summed E-state index contributed by atoms with van der Waals surface area (Å²) in [6.07, 6.45) is 1.42. The van der Waals surface area contributed by atoms with Crippen LogP contribution in [0.1, 0.15) is 12.7 Å². The minimum atomic E-state index is -0.396. The highest BCUT2D eigenvalue weighted by Crippen LogP contribution is 2.26. The lowest BCUT2D eigenvalue weighted by molar-refractivity contribution is -0.123. The third kappa shape index (κ3) is 5.37. The van der Waals surface area contributed by atoms with Gasteiger partial charge in [-0.15, -0.1) is 0 Å². The SMILES string of the molecule is CCOc1ccccc1OCC(=O)NN=Cc1ccc(-c2ccc(Cl)cc2)o1. The number of carbonyl (C=O) groups excluding carboxylic acids is 1. The van der Waals surface area contributed by atoms with E-state index in [0.717, 1.165) is 5.56 Å². The summed E-state index contributed by atoms with van der Waals surface area (Å²) in [5, 5.41) is 4.54. The van der Waals surface area contributed by atoms with Gasteiger partial charge in [-0.2, -0.15) is 5.10 Å². The van der Waals surface area contributed by atoms with Crippen LogP contribution < -0.4 is 14.9 Å². The van der Waals surface area contributed by atoms with Crippen LogP contribution >= 0.6 is 11.6 Å². The second-order valence-corrected chi connectivity index (χ2v) is 6.11. The first-order valence-electron chi connectivity index (χ1n) is 8.68. The van der Waals surface area contributed by atoms with E-state index >= 15 is 0 Å². The Balaban J connectivity index is 1.51. The third-order valence-corrected chi connectivity index (χ3v) is 3.90. The van der Waals surface area contributed by atoms with E-state index in [4.69, 9.17) is 25.5 Å². The van der Waals surface area contributed by atoms with Gasteiger partial charge in [-0.25, -0.2) is 5.43 Å². The lowest BCUT2D eigenvalue weighted by Crippen LogP contribution is -2.24. The number of halogens is 1. The van der Waals surface area contributed by atoms with Crippen molar-refractivity contribution in [3.8, 4) is 22.8 Å². The van der Waals surface area contributed by atoms with Crippen LogP contribution in [0.25, 0.3) is 11.3 Å². The van der Waals surface area contributed by atoms with Gasteiger partial charge >= 0.3 is 0 Å². The number of para-hydroxylation sites is 2. The minimum Gasteiger partial charge on any atom is -0.490 e. The van der Waals surface area contributed by atoms with Gasteiger partial charge in [-0.1, -0.05) is 23.7 Å². The Morgan fingerprint density at radius 2 is 1.79 bits per heavy atom. The summed E-state index contributed by atoms with van der Waals surface area (Å²) in [7, 11) is 0. The zero-order chi connectivity index (χ0) is 19.8. The quantitative estimate of drug-likeness (QED) is 0.447. The fraction of sp³-hybridized carbons (Fsp3) is 0.143. The predicted molar refractivity (Wildman–Crippen MR) is 108 cm³/mol. The number of hydrazone groups is 1. The zero-order valence-electron chi connectivity index (χ0n) is 15.2. The number of rotatable bonds is 8. The van der Waals surface area contributed by atoms with Gasteiger partial charge in [0, 0.05) is 10.6 Å². The second-order valence-electron chi connectivity index (χ2n) is 5.67. The van der Waals surface area contributed by atoms with E-state index in [1.54, 1.807) is 30.3 Å². The van der Waals surface area contributed by atoms with Gasteiger partial charge in [0.1, 0.15) is 11.5 Å². The summed E-state index contributed by atoms with van der Waals surface area (Å²) in [5.41, 5.74) is 3.29. The first-order valence-corrected chi connectivity index (χ1v) is 9.06. The Kier molecular flexibility index (Phi) is 6.70. The molecule has 0 fully saturated rings. The summed E-state index contributed by atoms with van der Waals surface area (Å²) in [5.74, 6) is 1.88. The van der Waals surface area contributed by atoms with Gasteiger partial charge in [0.2, 0.25) is 0 Å². The molecular weight excluding hydrogens is 380 g/mol. The average molecular weight is 399 g/mol. The first-order chi connectivity index (χ1) is 13.7. The van der Waals surface area contributed by atoms with Crippen molar-refractivity contribution in [1.29, 1.82) is 0 Å². The maximum Gasteiger partial charge on any atom is 0.277 e. The van der Waals surface area contributed by atoms with Crippen molar-refractivity contribution in [2.75, 3.05) is 13.2 Å². The van der Waals surface area contributed by atoms with Gasteiger partial charge in [0.15, 0.2) is 18.1 Å². The van der Waals surface area contributed by atoms with E-state index < -0.39 is 5.91 Å². The maximum absolute atomic E-state index is 11.9. The molecule has 0 bridgehead atoms. The molecule has 2 aromatic carbocycles. The molecule has 0 saturated heterocycles. The fourth-order valence-electron chi connectivity index (χ4n) is 2.38. The predicted octanol–water partition coefficient (Wildman–Crippen LogP) is 4.53. The van der Waals surface area contributed by atoms with Crippen molar-refractivity contribution >= 4 is 23.7 Å². The molecule has 1 amide bonds. The van der Waals surface area contributed by atoms with Crippen LogP contribution in [0.15, 0.2) is 70.2 Å². The van der Waals surface area contributed by atoms with Crippen LogP contribution in [0.3, 0.4) is 0 Å². The van der Waals surface area contributed by atoms with Crippen LogP contribution in [0.5, 0.6) is 11.5 Å². The molecule has 3 rings (SSSR count). The van der Waals surface area contributed by atoms with Crippen molar-refractivity contribution in [3.63, 3.8) is 0 Å². The molecule has 28 heavy (non-hydrogen) atoms. The molecule has 1 aromatic heterocycles. The van der Waals surface area contributed by atoms with Crippen LogP contribution in [-0.4, -0.2) is 25.3 Å². The molecule has 1 heterocycles. The Morgan fingerprint density at radius 1 is 1.07 bits per heavy atom. The fourth-order valence-corrected chi connectivity index (χ4v) is 2.51. The van der Waals surface area contributed by atoms with Crippen molar-refractivity contribution in [2.24, 2.45) is 5.10 Å². The monoisotopic (exact) mass is 398 g/mol. The molecule has 3 aromatic rings. The van der Waals surface area contributed by atoms with Crippen LogP contribution in [0.4, 0.5) is 0 Å². The second kappa shape index (κ2) is 9.62. The number of nitrogens with zero attached hydrogens (tertiary/aromatic N) is 1. The molecule has 0 radical (unpaired) electrons. The molecule has 1 N–H and O–H groups in total. The number of benzene rings is 2. The van der Waals surface area contributed by atoms with Gasteiger partial charge in [0.25, 0.3) is 5.91 Å². The summed E-state index contributed by atoms with van der Waals surface area (Å²) in [4.78, 5) is 11.9. The summed E-state index contributed by atoms with van der Waals surface area (Å²) >= 11 is 5.88. The van der Waals surface area contributed by atoms with Gasteiger partial charge in [0.05, 0.1) is 12.8 Å². The minimum absolute atomic E-state index is 0.185. The average Bonchev–Trinajstić information content (AvgIpc) is 3.17. The normalized spacial score (nSPS) is 10.8. The first kappa shape index (κ1) is 19.5. The third-order valence-electron chi connectivity index (χ3n) is 3.64. The highest BCUT2D eigenvalue weighted by atomic mass is 35.5. The number of nitrogens with one attached hydrogen (secondary N) is 1. The number of hydrogen-bond donors (Lipinski definition) is 1. The van der Waals surface area contributed by atoms with Gasteiger partial charge in [-0.05, 0) is 55.5 Å². The molecule has 6 nitrogen and oxygen atoms in total. The largest absolute Gasteiger partial charge is 0.490 e. The summed E-state index contributed by atoms with van der Waals surface area (Å²) < 4.78 is 16.6. The van der Waals surface area contributed by atoms with E-state index in [1.807, 2.05) is 37.3 Å². The van der Waals surface area contributed by atoms with E-state index in [9.17, 15) is 4.79 Å². The summed E-state index contributed by atoms with van der Waals surface area (Å²) in [6.45, 7) is 2.21. The van der Waals surface area contributed by atoms with Crippen LogP contribution in [-0.2, 0) is 4.79 Å². The Morgan fingerprint density at radius 3 is 2.50 bits per heavy atom. The molecule has 0 saturated carbocycles.